The fourth-order valence-corrected chi connectivity index (χ4v) is 1.91. The van der Waals surface area contributed by atoms with Gasteiger partial charge in [0.05, 0.1) is 6.67 Å². The number of nitrogens with two attached hydrogens (primary N) is 1. The largest absolute Gasteiger partial charge is 0.352 e. The second-order valence-electron chi connectivity index (χ2n) is 3.57. The Morgan fingerprint density at radius 3 is 3.00 bits per heavy atom. The minimum atomic E-state index is -0.430. The number of hydrogen-bond acceptors (Lipinski definition) is 2. The molecule has 13 heavy (non-hydrogen) atoms. The highest BCUT2D eigenvalue weighted by atomic mass is 16.2. The van der Waals surface area contributed by atoms with E-state index in [1.54, 1.807) is 0 Å². The van der Waals surface area contributed by atoms with E-state index >= 15 is 0 Å². The van der Waals surface area contributed by atoms with Gasteiger partial charge in [-0.2, -0.15) is 0 Å². The molecule has 0 aromatic rings. The summed E-state index contributed by atoms with van der Waals surface area (Å²) >= 11 is 0. The molecular weight excluding hydrogens is 166 g/mol. The zero-order valence-electron chi connectivity index (χ0n) is 8.25. The van der Waals surface area contributed by atoms with Gasteiger partial charge in [-0.05, 0) is 19.3 Å². The van der Waals surface area contributed by atoms with Crippen LogP contribution >= 0.6 is 0 Å². The van der Waals surface area contributed by atoms with Crippen molar-refractivity contribution in [3.63, 3.8) is 0 Å². The summed E-state index contributed by atoms with van der Waals surface area (Å²) in [5.74, 6) is 0. The van der Waals surface area contributed by atoms with Gasteiger partial charge < -0.3 is 11.1 Å². The molecular formula is C9H19N3O. The van der Waals surface area contributed by atoms with E-state index in [1.165, 1.54) is 19.3 Å². The number of piperidine rings is 1. The summed E-state index contributed by atoms with van der Waals surface area (Å²) in [5, 5.41) is 2.64. The fourth-order valence-electron chi connectivity index (χ4n) is 1.91. The lowest BCUT2D eigenvalue weighted by molar-refractivity contribution is 0.135. The second-order valence-corrected chi connectivity index (χ2v) is 3.57. The third-order valence-electron chi connectivity index (χ3n) is 2.68. The molecule has 0 saturated carbocycles. The lowest BCUT2D eigenvalue weighted by Gasteiger charge is -2.34. The summed E-state index contributed by atoms with van der Waals surface area (Å²) in [6.45, 7) is 3.87. The molecule has 1 heterocycles. The Morgan fingerprint density at radius 1 is 1.62 bits per heavy atom. The second kappa shape index (κ2) is 5.07. The molecule has 0 aliphatic carbocycles. The molecule has 3 N–H and O–H groups in total. The van der Waals surface area contributed by atoms with E-state index in [0.29, 0.717) is 12.7 Å². The van der Waals surface area contributed by atoms with Crippen LogP contribution in [0.5, 0.6) is 0 Å². The molecule has 0 radical (unpaired) electrons. The summed E-state index contributed by atoms with van der Waals surface area (Å²) in [6, 6.07) is 0.195. The number of rotatable bonds is 3. The first-order chi connectivity index (χ1) is 6.24. The van der Waals surface area contributed by atoms with Gasteiger partial charge in [0.25, 0.3) is 0 Å². The molecule has 1 atom stereocenters. The van der Waals surface area contributed by atoms with Crippen LogP contribution in [-0.2, 0) is 0 Å². The number of hydrogen-bond donors (Lipinski definition) is 2. The average molecular weight is 185 g/mol. The quantitative estimate of drug-likeness (QED) is 0.685. The third-order valence-corrected chi connectivity index (χ3v) is 2.68. The van der Waals surface area contributed by atoms with E-state index in [9.17, 15) is 4.79 Å². The van der Waals surface area contributed by atoms with Gasteiger partial charge >= 0.3 is 6.03 Å². The Balaban J connectivity index is 2.31. The first-order valence-electron chi connectivity index (χ1n) is 5.01. The van der Waals surface area contributed by atoms with Crippen molar-refractivity contribution in [3.05, 3.63) is 0 Å². The van der Waals surface area contributed by atoms with Crippen molar-refractivity contribution in [3.8, 4) is 0 Å². The van der Waals surface area contributed by atoms with Gasteiger partial charge in [-0.15, -0.1) is 0 Å². The minimum Gasteiger partial charge on any atom is -0.352 e. The van der Waals surface area contributed by atoms with Crippen LogP contribution in [-0.4, -0.2) is 30.2 Å². The van der Waals surface area contributed by atoms with E-state index < -0.39 is 6.03 Å². The number of primary amides is 1. The lowest BCUT2D eigenvalue weighted by atomic mass is 10.0. The van der Waals surface area contributed by atoms with Crippen molar-refractivity contribution >= 4 is 6.03 Å². The molecule has 0 spiro atoms. The molecule has 1 aliphatic rings. The van der Waals surface area contributed by atoms with Crippen molar-refractivity contribution in [2.75, 3.05) is 13.2 Å². The monoisotopic (exact) mass is 185 g/mol. The van der Waals surface area contributed by atoms with Crippen LogP contribution in [0.2, 0.25) is 0 Å². The maximum Gasteiger partial charge on any atom is 0.313 e. The maximum atomic E-state index is 10.5. The Morgan fingerprint density at radius 2 is 2.38 bits per heavy atom. The number of carbonyl (C=O) groups is 1. The van der Waals surface area contributed by atoms with Crippen LogP contribution < -0.4 is 11.1 Å². The number of nitrogens with zero attached hydrogens (tertiary/aromatic N) is 1. The fraction of sp³-hybridized carbons (Fsp3) is 0.889. The number of urea groups is 1. The number of likely N-dealkylation sites (tertiary alicyclic amines) is 1. The van der Waals surface area contributed by atoms with E-state index in [1.807, 2.05) is 0 Å². The molecule has 2 amide bonds. The molecule has 4 heteroatoms. The van der Waals surface area contributed by atoms with Gasteiger partial charge in [-0.25, -0.2) is 4.79 Å². The Kier molecular flexibility index (Phi) is 4.02. The normalized spacial score (nSPS) is 24.2. The van der Waals surface area contributed by atoms with Crippen molar-refractivity contribution in [1.82, 2.24) is 10.2 Å². The average Bonchev–Trinajstić information content (AvgIpc) is 2.15. The van der Waals surface area contributed by atoms with E-state index in [0.717, 1.165) is 13.0 Å². The van der Waals surface area contributed by atoms with Crippen LogP contribution in [0.4, 0.5) is 4.79 Å². The molecule has 1 fully saturated rings. The van der Waals surface area contributed by atoms with E-state index in [2.05, 4.69) is 17.1 Å². The summed E-state index contributed by atoms with van der Waals surface area (Å²) in [5.41, 5.74) is 5.02. The molecule has 1 unspecified atom stereocenters. The summed E-state index contributed by atoms with van der Waals surface area (Å²) < 4.78 is 0. The van der Waals surface area contributed by atoms with Gasteiger partial charge in [0, 0.05) is 12.6 Å². The molecule has 4 nitrogen and oxygen atoms in total. The number of carbonyl (C=O) groups excluding carboxylic acids is 1. The first kappa shape index (κ1) is 10.3. The third kappa shape index (κ3) is 3.22. The standard InChI is InChI=1S/C9H19N3O/c1-2-8-5-3-4-6-12(8)7-11-9(10)13/h8H,2-7H2,1H3,(H3,10,11,13). The minimum absolute atomic E-state index is 0.430. The molecule has 1 aliphatic heterocycles. The molecule has 1 saturated heterocycles. The van der Waals surface area contributed by atoms with Crippen molar-refractivity contribution in [2.24, 2.45) is 5.73 Å². The zero-order chi connectivity index (χ0) is 9.68. The molecule has 0 aromatic carbocycles. The van der Waals surface area contributed by atoms with Gasteiger partial charge in [-0.1, -0.05) is 13.3 Å². The van der Waals surface area contributed by atoms with Crippen LogP contribution in [0.1, 0.15) is 32.6 Å². The summed E-state index contributed by atoms with van der Waals surface area (Å²) in [7, 11) is 0. The smallest absolute Gasteiger partial charge is 0.313 e. The Bertz CT molecular complexity index is 172. The Hall–Kier alpha value is -0.770. The number of nitrogens with one attached hydrogen (secondary N) is 1. The highest BCUT2D eigenvalue weighted by molar-refractivity contribution is 5.71. The predicted molar refractivity (Wildman–Crippen MR) is 52.2 cm³/mol. The SMILES string of the molecule is CCC1CCCCN1CNC(N)=O. The van der Waals surface area contributed by atoms with E-state index in [-0.39, 0.29) is 0 Å². The van der Waals surface area contributed by atoms with E-state index in [4.69, 9.17) is 5.73 Å². The van der Waals surface area contributed by atoms with Crippen molar-refractivity contribution < 1.29 is 4.79 Å². The molecule has 1 rings (SSSR count). The first-order valence-corrected chi connectivity index (χ1v) is 5.01. The highest BCUT2D eigenvalue weighted by Gasteiger charge is 2.20. The number of amides is 2. The molecule has 0 aromatic heterocycles. The lowest BCUT2D eigenvalue weighted by Crippen LogP contribution is -2.47. The highest BCUT2D eigenvalue weighted by Crippen LogP contribution is 2.17. The van der Waals surface area contributed by atoms with Crippen LogP contribution in [0, 0.1) is 0 Å². The van der Waals surface area contributed by atoms with Gasteiger partial charge in [0.1, 0.15) is 0 Å². The summed E-state index contributed by atoms with van der Waals surface area (Å²) in [4.78, 5) is 12.8. The van der Waals surface area contributed by atoms with Crippen molar-refractivity contribution in [2.45, 2.75) is 38.6 Å². The van der Waals surface area contributed by atoms with Crippen molar-refractivity contribution in [1.29, 1.82) is 0 Å². The topological polar surface area (TPSA) is 58.4 Å². The van der Waals surface area contributed by atoms with Crippen LogP contribution in [0.25, 0.3) is 0 Å². The van der Waals surface area contributed by atoms with Gasteiger partial charge in [0.15, 0.2) is 0 Å². The maximum absolute atomic E-state index is 10.5. The summed E-state index contributed by atoms with van der Waals surface area (Å²) in [6.07, 6.45) is 4.94. The van der Waals surface area contributed by atoms with Gasteiger partial charge in [0.2, 0.25) is 0 Å². The van der Waals surface area contributed by atoms with Gasteiger partial charge in [-0.3, -0.25) is 4.90 Å². The zero-order valence-corrected chi connectivity index (χ0v) is 8.25. The van der Waals surface area contributed by atoms with Crippen LogP contribution in [0.15, 0.2) is 0 Å². The molecule has 0 bridgehead atoms. The van der Waals surface area contributed by atoms with Crippen LogP contribution in [0.3, 0.4) is 0 Å². The molecule has 76 valence electrons. The predicted octanol–water partition coefficient (Wildman–Crippen LogP) is 0.877. The Labute approximate surface area is 79.5 Å².